The molecular weight excluding hydrogens is 221 g/mol. The number of aryl methyl sites for hydroxylation is 1. The average Bonchev–Trinajstić information content (AvgIpc) is 2.78. The summed E-state index contributed by atoms with van der Waals surface area (Å²) in [6, 6.07) is 8.20. The second kappa shape index (κ2) is 5.90. The van der Waals surface area contributed by atoms with Crippen LogP contribution in [0.2, 0.25) is 6.82 Å². The first kappa shape index (κ1) is 12.9. The van der Waals surface area contributed by atoms with Crippen molar-refractivity contribution < 1.29 is 4.79 Å². The Morgan fingerprint density at radius 3 is 2.78 bits per heavy atom. The molecule has 1 aromatic heterocycles. The van der Waals surface area contributed by atoms with E-state index < -0.39 is 0 Å². The van der Waals surface area contributed by atoms with Crippen molar-refractivity contribution in [3.8, 4) is 0 Å². The van der Waals surface area contributed by atoms with Crippen molar-refractivity contribution in [3.63, 3.8) is 0 Å². The van der Waals surface area contributed by atoms with Crippen LogP contribution in [0.1, 0.15) is 36.5 Å². The Balaban J connectivity index is 2.38. The normalized spacial score (nSPS) is 10.8. The van der Waals surface area contributed by atoms with Crippen molar-refractivity contribution in [3.05, 3.63) is 36.0 Å². The van der Waals surface area contributed by atoms with E-state index in [1.807, 2.05) is 25.2 Å². The van der Waals surface area contributed by atoms with Gasteiger partial charge in [0.2, 0.25) is 7.28 Å². The number of benzene rings is 1. The number of rotatable bonds is 6. The Hall–Kier alpha value is -1.51. The molecule has 0 radical (unpaired) electrons. The Labute approximate surface area is 109 Å². The number of para-hydroxylation sites is 1. The van der Waals surface area contributed by atoms with E-state index in [4.69, 9.17) is 0 Å². The lowest BCUT2D eigenvalue weighted by atomic mass is 9.73. The van der Waals surface area contributed by atoms with Gasteiger partial charge in [-0.1, -0.05) is 44.8 Å². The first-order chi connectivity index (χ1) is 8.77. The maximum absolute atomic E-state index is 12.0. The van der Waals surface area contributed by atoms with Crippen LogP contribution in [0.15, 0.2) is 30.5 Å². The minimum atomic E-state index is 0.237. The van der Waals surface area contributed by atoms with Gasteiger partial charge in [-0.05, 0) is 12.5 Å². The molecule has 3 heteroatoms. The zero-order valence-corrected chi connectivity index (χ0v) is 11.3. The fraction of sp³-hybridized carbons (Fsp3) is 0.400. The van der Waals surface area contributed by atoms with Crippen LogP contribution >= 0.6 is 0 Å². The van der Waals surface area contributed by atoms with Crippen LogP contribution in [0.4, 0.5) is 0 Å². The molecule has 0 aliphatic carbocycles. The third kappa shape index (κ3) is 2.50. The molecule has 0 atom stereocenters. The lowest BCUT2D eigenvalue weighted by molar-refractivity contribution is 0.107. The highest BCUT2D eigenvalue weighted by molar-refractivity contribution is 6.77. The van der Waals surface area contributed by atoms with Crippen LogP contribution in [0.25, 0.3) is 10.9 Å². The summed E-state index contributed by atoms with van der Waals surface area (Å²) in [6.07, 6.45) is 5.67. The minimum Gasteiger partial charge on any atom is -0.347 e. The number of unbranched alkanes of at least 4 members (excludes halogenated alkanes) is 2. The molecule has 0 unspecified atom stereocenters. The van der Waals surface area contributed by atoms with Gasteiger partial charge in [-0.3, -0.25) is 0 Å². The van der Waals surface area contributed by atoms with Gasteiger partial charge in [-0.15, -0.1) is 0 Å². The molecule has 2 nitrogen and oxygen atoms in total. The first-order valence-corrected chi connectivity index (χ1v) is 6.89. The Kier molecular flexibility index (Phi) is 4.24. The van der Waals surface area contributed by atoms with E-state index in [1.54, 1.807) is 0 Å². The molecule has 1 aromatic carbocycles. The lowest BCUT2D eigenvalue weighted by Gasteiger charge is -2.03. The SMILES string of the molecule is CBC(=O)c1cn(CCCCC)c2ccccc12. The van der Waals surface area contributed by atoms with Gasteiger partial charge >= 0.3 is 0 Å². The molecule has 0 aliphatic rings. The number of nitrogens with zero attached hydrogens (tertiary/aromatic N) is 1. The van der Waals surface area contributed by atoms with E-state index in [-0.39, 0.29) is 5.68 Å². The molecule has 0 N–H and O–H groups in total. The number of fused-ring (bicyclic) bond motifs is 1. The van der Waals surface area contributed by atoms with Crippen molar-refractivity contribution in [2.75, 3.05) is 0 Å². The predicted molar refractivity (Wildman–Crippen MR) is 78.8 cm³/mol. The highest BCUT2D eigenvalue weighted by Crippen LogP contribution is 2.22. The molecule has 2 aromatic rings. The zero-order valence-electron chi connectivity index (χ0n) is 11.3. The summed E-state index contributed by atoms with van der Waals surface area (Å²) in [5.41, 5.74) is 2.30. The second-order valence-electron chi connectivity index (χ2n) is 4.74. The predicted octanol–water partition coefficient (Wildman–Crippen LogP) is 3.46. The van der Waals surface area contributed by atoms with Crippen molar-refractivity contribution >= 4 is 23.9 Å². The molecule has 0 amide bonds. The lowest BCUT2D eigenvalue weighted by Crippen LogP contribution is -2.04. The van der Waals surface area contributed by atoms with Gasteiger partial charge in [0, 0.05) is 29.2 Å². The first-order valence-electron chi connectivity index (χ1n) is 6.89. The summed E-state index contributed by atoms with van der Waals surface area (Å²) < 4.78 is 2.23. The highest BCUT2D eigenvalue weighted by atomic mass is 16.1. The maximum atomic E-state index is 12.0. The minimum absolute atomic E-state index is 0.237. The van der Waals surface area contributed by atoms with Crippen molar-refractivity contribution in [1.82, 2.24) is 4.57 Å². The average molecular weight is 241 g/mol. The van der Waals surface area contributed by atoms with E-state index in [9.17, 15) is 4.79 Å². The van der Waals surface area contributed by atoms with E-state index >= 15 is 0 Å². The van der Waals surface area contributed by atoms with Gasteiger partial charge in [-0.25, -0.2) is 0 Å². The van der Waals surface area contributed by atoms with E-state index in [0.717, 1.165) is 17.5 Å². The molecule has 0 fully saturated rings. The number of carbonyl (C=O) groups is 1. The molecule has 0 aliphatic heterocycles. The molecule has 0 spiro atoms. The smallest absolute Gasteiger partial charge is 0.208 e. The largest absolute Gasteiger partial charge is 0.347 e. The number of hydrogen-bond donors (Lipinski definition) is 0. The molecule has 2 rings (SSSR count). The fourth-order valence-electron chi connectivity index (χ4n) is 2.38. The quantitative estimate of drug-likeness (QED) is 0.560. The topological polar surface area (TPSA) is 22.0 Å². The molecule has 0 saturated carbocycles. The molecule has 18 heavy (non-hydrogen) atoms. The molecule has 0 saturated heterocycles. The van der Waals surface area contributed by atoms with Gasteiger partial charge in [0.15, 0.2) is 0 Å². The fourth-order valence-corrected chi connectivity index (χ4v) is 2.38. The van der Waals surface area contributed by atoms with E-state index in [2.05, 4.69) is 23.6 Å². The molecular formula is C15H20BNO. The van der Waals surface area contributed by atoms with E-state index in [0.29, 0.717) is 7.28 Å². The summed E-state index contributed by atoms with van der Waals surface area (Å²) in [5.74, 6) is 0. The second-order valence-corrected chi connectivity index (χ2v) is 4.74. The van der Waals surface area contributed by atoms with Gasteiger partial charge in [0.05, 0.1) is 0 Å². The molecule has 94 valence electrons. The summed E-state index contributed by atoms with van der Waals surface area (Å²) in [5, 5.41) is 1.10. The highest BCUT2D eigenvalue weighted by Gasteiger charge is 2.12. The van der Waals surface area contributed by atoms with Crippen molar-refractivity contribution in [2.24, 2.45) is 0 Å². The van der Waals surface area contributed by atoms with Gasteiger partial charge in [0.25, 0.3) is 0 Å². The van der Waals surface area contributed by atoms with Crippen LogP contribution in [0.3, 0.4) is 0 Å². The van der Waals surface area contributed by atoms with Crippen LogP contribution in [0.5, 0.6) is 0 Å². The standard InChI is InChI=1S/C15H20BNO/c1-3-4-7-10-17-11-13(15(18)16-2)12-8-5-6-9-14(12)17/h5-6,8-9,11,16H,3-4,7,10H2,1-2H3. The van der Waals surface area contributed by atoms with Gasteiger partial charge in [0.1, 0.15) is 5.68 Å². The molecule has 0 bridgehead atoms. The summed E-state index contributed by atoms with van der Waals surface area (Å²) in [7, 11) is 0.572. The Bertz CT molecular complexity index is 544. The monoisotopic (exact) mass is 241 g/mol. The third-order valence-corrected chi connectivity index (χ3v) is 3.41. The third-order valence-electron chi connectivity index (χ3n) is 3.41. The number of hydrogen-bond acceptors (Lipinski definition) is 1. The van der Waals surface area contributed by atoms with Gasteiger partial charge in [-0.2, -0.15) is 0 Å². The number of carbonyl (C=O) groups excluding carboxylic acids is 1. The number of aromatic nitrogens is 1. The Morgan fingerprint density at radius 1 is 1.28 bits per heavy atom. The summed E-state index contributed by atoms with van der Waals surface area (Å²) in [6.45, 7) is 5.14. The van der Waals surface area contributed by atoms with E-state index in [1.165, 1.54) is 24.8 Å². The summed E-state index contributed by atoms with van der Waals surface area (Å²) >= 11 is 0. The van der Waals surface area contributed by atoms with Crippen LogP contribution in [-0.4, -0.2) is 17.5 Å². The van der Waals surface area contributed by atoms with Crippen molar-refractivity contribution in [1.29, 1.82) is 0 Å². The maximum Gasteiger partial charge on any atom is 0.208 e. The van der Waals surface area contributed by atoms with Crippen LogP contribution < -0.4 is 0 Å². The molecule has 1 heterocycles. The summed E-state index contributed by atoms with van der Waals surface area (Å²) in [4.78, 5) is 12.0. The van der Waals surface area contributed by atoms with Crippen molar-refractivity contribution in [2.45, 2.75) is 39.6 Å². The van der Waals surface area contributed by atoms with Gasteiger partial charge < -0.3 is 9.36 Å². The zero-order chi connectivity index (χ0) is 13.0. The van der Waals surface area contributed by atoms with Crippen LogP contribution in [0, 0.1) is 0 Å². The Morgan fingerprint density at radius 2 is 2.06 bits per heavy atom. The van der Waals surface area contributed by atoms with Crippen LogP contribution in [-0.2, 0) is 6.54 Å².